The van der Waals surface area contributed by atoms with Crippen LogP contribution in [0, 0.1) is 0 Å². The average Bonchev–Trinajstić information content (AvgIpc) is 1.87. The predicted molar refractivity (Wildman–Crippen MR) is 42.2 cm³/mol. The first-order valence-corrected chi connectivity index (χ1v) is 3.08. The standard InChI is InChI=1S/C3H7NO2.C3H5NO2/c1-2-6-3(4)5;4-2-1-3(5)6/h2H2,1H3,(H2,4,5);1-2H,4H2,(H,5,6). The highest BCUT2D eigenvalue weighted by molar-refractivity contribution is 5.79. The summed E-state index contributed by atoms with van der Waals surface area (Å²) in [4.78, 5) is 19.0. The molecule has 0 aromatic carbocycles. The van der Waals surface area contributed by atoms with Gasteiger partial charge in [0, 0.05) is 12.3 Å². The maximum absolute atomic E-state index is 9.60. The molecule has 6 heteroatoms. The fourth-order valence-electron chi connectivity index (χ4n) is 0.225. The first-order valence-electron chi connectivity index (χ1n) is 3.08. The summed E-state index contributed by atoms with van der Waals surface area (Å²) < 4.78 is 4.18. The molecule has 6 nitrogen and oxygen atoms in total. The quantitative estimate of drug-likeness (QED) is 0.497. The van der Waals surface area contributed by atoms with Gasteiger partial charge in [0.25, 0.3) is 0 Å². The van der Waals surface area contributed by atoms with E-state index in [1.165, 1.54) is 0 Å². The number of carbonyl (C=O) groups is 2. The number of aliphatic carboxylic acids is 1. The smallest absolute Gasteiger partial charge is 0.404 e. The first-order chi connectivity index (χ1) is 5.54. The largest absolute Gasteiger partial charge is 0.478 e. The van der Waals surface area contributed by atoms with Gasteiger partial charge in [-0.05, 0) is 6.92 Å². The van der Waals surface area contributed by atoms with E-state index in [4.69, 9.17) is 5.11 Å². The maximum atomic E-state index is 9.60. The number of rotatable bonds is 2. The Morgan fingerprint density at radius 2 is 2.08 bits per heavy atom. The molecule has 0 aliphatic heterocycles. The van der Waals surface area contributed by atoms with E-state index in [2.05, 4.69) is 16.2 Å². The van der Waals surface area contributed by atoms with Crippen molar-refractivity contribution in [3.8, 4) is 0 Å². The Balaban J connectivity index is 0. The molecule has 0 spiro atoms. The lowest BCUT2D eigenvalue weighted by molar-refractivity contribution is -0.131. The van der Waals surface area contributed by atoms with Crippen molar-refractivity contribution in [2.24, 2.45) is 11.5 Å². The molecule has 0 saturated heterocycles. The first kappa shape index (κ1) is 12.9. The van der Waals surface area contributed by atoms with Crippen molar-refractivity contribution in [2.75, 3.05) is 6.61 Å². The van der Waals surface area contributed by atoms with Gasteiger partial charge in [-0.25, -0.2) is 9.59 Å². The molecule has 0 rings (SSSR count). The molecule has 12 heavy (non-hydrogen) atoms. The molecule has 1 amide bonds. The van der Waals surface area contributed by atoms with E-state index in [1.54, 1.807) is 6.92 Å². The number of hydrogen-bond donors (Lipinski definition) is 3. The van der Waals surface area contributed by atoms with E-state index in [0.717, 1.165) is 12.3 Å². The summed E-state index contributed by atoms with van der Waals surface area (Å²) in [7, 11) is 0. The van der Waals surface area contributed by atoms with Gasteiger partial charge >= 0.3 is 12.1 Å². The molecular formula is C6H12N2O4. The molecule has 0 radical (unpaired) electrons. The van der Waals surface area contributed by atoms with Gasteiger partial charge in [-0.15, -0.1) is 0 Å². The number of amides is 1. The van der Waals surface area contributed by atoms with Crippen LogP contribution in [0.15, 0.2) is 12.3 Å². The number of carboxylic acid groups (broad SMARTS) is 1. The molecule has 0 bridgehead atoms. The Morgan fingerprint density at radius 1 is 1.58 bits per heavy atom. The summed E-state index contributed by atoms with van der Waals surface area (Å²) in [5.74, 6) is -1.02. The van der Waals surface area contributed by atoms with Crippen molar-refractivity contribution in [1.82, 2.24) is 0 Å². The van der Waals surface area contributed by atoms with Gasteiger partial charge in [0.05, 0.1) is 6.61 Å². The van der Waals surface area contributed by atoms with Crippen LogP contribution < -0.4 is 11.5 Å². The van der Waals surface area contributed by atoms with Crippen LogP contribution >= 0.6 is 0 Å². The van der Waals surface area contributed by atoms with Crippen LogP contribution in [0.1, 0.15) is 6.92 Å². The second-order valence-corrected chi connectivity index (χ2v) is 1.45. The van der Waals surface area contributed by atoms with E-state index >= 15 is 0 Å². The van der Waals surface area contributed by atoms with Crippen LogP contribution in [-0.2, 0) is 9.53 Å². The molecule has 70 valence electrons. The van der Waals surface area contributed by atoms with Gasteiger partial charge in [-0.1, -0.05) is 0 Å². The third-order valence-electron chi connectivity index (χ3n) is 0.525. The van der Waals surface area contributed by atoms with Crippen molar-refractivity contribution in [2.45, 2.75) is 6.92 Å². The minimum atomic E-state index is -1.02. The van der Waals surface area contributed by atoms with Gasteiger partial charge < -0.3 is 21.3 Å². The summed E-state index contributed by atoms with van der Waals surface area (Å²) in [5, 5.41) is 7.75. The van der Waals surface area contributed by atoms with Gasteiger partial charge in [0.2, 0.25) is 0 Å². The number of hydrogen-bond acceptors (Lipinski definition) is 4. The van der Waals surface area contributed by atoms with E-state index in [-0.39, 0.29) is 0 Å². The Bertz CT molecular complexity index is 167. The van der Waals surface area contributed by atoms with E-state index in [0.29, 0.717) is 6.61 Å². The molecule has 5 N–H and O–H groups in total. The SMILES string of the molecule is CCOC(N)=O.NC=CC(=O)O. The second kappa shape index (κ2) is 9.28. The second-order valence-electron chi connectivity index (χ2n) is 1.45. The fourth-order valence-corrected chi connectivity index (χ4v) is 0.225. The maximum Gasteiger partial charge on any atom is 0.404 e. The third kappa shape index (κ3) is 24.0. The lowest BCUT2D eigenvalue weighted by atomic mass is 10.6. The van der Waals surface area contributed by atoms with Crippen molar-refractivity contribution >= 4 is 12.1 Å². The highest BCUT2D eigenvalue weighted by Crippen LogP contribution is 1.66. The molecule has 0 heterocycles. The van der Waals surface area contributed by atoms with Crippen LogP contribution in [0.3, 0.4) is 0 Å². The summed E-state index contributed by atoms with van der Waals surface area (Å²) in [5.41, 5.74) is 9.21. The minimum Gasteiger partial charge on any atom is -0.478 e. The lowest BCUT2D eigenvalue weighted by Gasteiger charge is -1.89. The lowest BCUT2D eigenvalue weighted by Crippen LogP contribution is -2.11. The zero-order chi connectivity index (χ0) is 9.98. The molecule has 0 aliphatic carbocycles. The summed E-state index contributed by atoms with van der Waals surface area (Å²) in [6.45, 7) is 2.06. The molecule has 0 aromatic heterocycles. The van der Waals surface area contributed by atoms with Crippen molar-refractivity contribution in [3.63, 3.8) is 0 Å². The fraction of sp³-hybridized carbons (Fsp3) is 0.333. The summed E-state index contributed by atoms with van der Waals surface area (Å²) >= 11 is 0. The Hall–Kier alpha value is -1.72. The van der Waals surface area contributed by atoms with Crippen LogP contribution in [0.4, 0.5) is 4.79 Å². The number of carboxylic acids is 1. The van der Waals surface area contributed by atoms with E-state index < -0.39 is 12.1 Å². The molecule has 0 aromatic rings. The Labute approximate surface area is 69.8 Å². The summed E-state index contributed by atoms with van der Waals surface area (Å²) in [6, 6.07) is 0. The summed E-state index contributed by atoms with van der Waals surface area (Å²) in [6.07, 6.45) is 1.12. The zero-order valence-corrected chi connectivity index (χ0v) is 6.69. The number of nitrogens with two attached hydrogens (primary N) is 2. The highest BCUT2D eigenvalue weighted by Gasteiger charge is 1.82. The van der Waals surface area contributed by atoms with Gasteiger partial charge in [0.1, 0.15) is 0 Å². The highest BCUT2D eigenvalue weighted by atomic mass is 16.5. The zero-order valence-electron chi connectivity index (χ0n) is 6.69. The van der Waals surface area contributed by atoms with E-state index in [1.807, 2.05) is 0 Å². The minimum absolute atomic E-state index is 0.356. The van der Waals surface area contributed by atoms with Crippen LogP contribution in [0.5, 0.6) is 0 Å². The van der Waals surface area contributed by atoms with Crippen molar-refractivity contribution < 1.29 is 19.4 Å². The van der Waals surface area contributed by atoms with E-state index in [9.17, 15) is 9.59 Å². The van der Waals surface area contributed by atoms with Crippen LogP contribution in [0.25, 0.3) is 0 Å². The van der Waals surface area contributed by atoms with Crippen molar-refractivity contribution in [1.29, 1.82) is 0 Å². The topological polar surface area (TPSA) is 116 Å². The molecule has 0 aliphatic rings. The number of carbonyl (C=O) groups excluding carboxylic acids is 1. The van der Waals surface area contributed by atoms with Crippen LogP contribution in [-0.4, -0.2) is 23.8 Å². The van der Waals surface area contributed by atoms with Gasteiger partial charge in [-0.2, -0.15) is 0 Å². The molecule has 0 unspecified atom stereocenters. The monoisotopic (exact) mass is 176 g/mol. The predicted octanol–water partition coefficient (Wildman–Crippen LogP) is -0.355. The normalized spacial score (nSPS) is 8.42. The Kier molecular flexibility index (Phi) is 9.99. The molecule has 0 fully saturated rings. The van der Waals surface area contributed by atoms with Gasteiger partial charge in [-0.3, -0.25) is 0 Å². The molecule has 0 saturated carbocycles. The molecule has 0 atom stereocenters. The number of primary amides is 1. The number of ether oxygens (including phenoxy) is 1. The Morgan fingerprint density at radius 3 is 2.08 bits per heavy atom. The van der Waals surface area contributed by atoms with Gasteiger partial charge in [0.15, 0.2) is 0 Å². The molecular weight excluding hydrogens is 164 g/mol. The van der Waals surface area contributed by atoms with Crippen LogP contribution in [0.2, 0.25) is 0 Å². The average molecular weight is 176 g/mol. The third-order valence-corrected chi connectivity index (χ3v) is 0.525. The van der Waals surface area contributed by atoms with Crippen molar-refractivity contribution in [3.05, 3.63) is 12.3 Å².